The molecule has 0 radical (unpaired) electrons. The molecule has 2 aromatic rings. The van der Waals surface area contributed by atoms with E-state index in [0.29, 0.717) is 21.6 Å². The van der Waals surface area contributed by atoms with E-state index in [0.717, 1.165) is 5.57 Å². The maximum Gasteiger partial charge on any atom is 0.190 e. The molecule has 0 amide bonds. The molecule has 0 aliphatic rings. The van der Waals surface area contributed by atoms with E-state index in [1.165, 1.54) is 0 Å². The van der Waals surface area contributed by atoms with Crippen molar-refractivity contribution < 1.29 is 0 Å². The molecular formula is C15H12ClNO. The highest BCUT2D eigenvalue weighted by molar-refractivity contribution is 6.31. The topological polar surface area (TPSA) is 32.9 Å². The first-order chi connectivity index (χ1) is 8.65. The predicted octanol–water partition coefficient (Wildman–Crippen LogP) is 3.94. The van der Waals surface area contributed by atoms with Crippen molar-refractivity contribution in [3.8, 4) is 0 Å². The molecule has 0 fully saturated rings. The number of allylic oxidation sites excluding steroid dienone is 4. The summed E-state index contributed by atoms with van der Waals surface area (Å²) in [5, 5.41) is 1.20. The van der Waals surface area contributed by atoms with Crippen molar-refractivity contribution in [2.75, 3.05) is 0 Å². The molecule has 0 bridgehead atoms. The molecule has 0 spiro atoms. The van der Waals surface area contributed by atoms with Gasteiger partial charge in [0.05, 0.1) is 5.52 Å². The van der Waals surface area contributed by atoms with Gasteiger partial charge in [-0.1, -0.05) is 43.0 Å². The van der Waals surface area contributed by atoms with Gasteiger partial charge in [0.15, 0.2) is 5.43 Å². The molecular weight excluding hydrogens is 246 g/mol. The molecule has 0 atom stereocenters. The molecule has 1 aromatic carbocycles. The first-order valence-electron chi connectivity index (χ1n) is 5.44. The van der Waals surface area contributed by atoms with E-state index >= 15 is 0 Å². The first kappa shape index (κ1) is 12.4. The van der Waals surface area contributed by atoms with Crippen LogP contribution in [0.25, 0.3) is 16.5 Å². The summed E-state index contributed by atoms with van der Waals surface area (Å²) < 4.78 is 0. The fourth-order valence-corrected chi connectivity index (χ4v) is 1.95. The van der Waals surface area contributed by atoms with Gasteiger partial charge < -0.3 is 4.98 Å². The third-order valence-corrected chi connectivity index (χ3v) is 2.86. The van der Waals surface area contributed by atoms with Crippen molar-refractivity contribution in [3.63, 3.8) is 0 Å². The number of pyridine rings is 1. The van der Waals surface area contributed by atoms with E-state index < -0.39 is 0 Å². The van der Waals surface area contributed by atoms with Crippen molar-refractivity contribution >= 4 is 28.1 Å². The molecule has 2 nitrogen and oxygen atoms in total. The minimum absolute atomic E-state index is 0.0489. The van der Waals surface area contributed by atoms with Crippen LogP contribution >= 0.6 is 11.6 Å². The van der Waals surface area contributed by atoms with Crippen LogP contribution < -0.4 is 5.43 Å². The van der Waals surface area contributed by atoms with Crippen LogP contribution in [0.1, 0.15) is 5.69 Å². The van der Waals surface area contributed by atoms with Crippen LogP contribution in [0, 0.1) is 0 Å². The summed E-state index contributed by atoms with van der Waals surface area (Å²) in [7, 11) is 0. The molecule has 0 saturated carbocycles. The van der Waals surface area contributed by atoms with E-state index in [9.17, 15) is 4.79 Å². The van der Waals surface area contributed by atoms with Crippen LogP contribution in [0.15, 0.2) is 60.4 Å². The summed E-state index contributed by atoms with van der Waals surface area (Å²) in [6.45, 7) is 7.35. The number of nitrogens with one attached hydrogen (secondary N) is 1. The van der Waals surface area contributed by atoms with Gasteiger partial charge in [0.25, 0.3) is 0 Å². The second kappa shape index (κ2) is 5.07. The Morgan fingerprint density at radius 2 is 2.06 bits per heavy atom. The molecule has 0 saturated heterocycles. The molecule has 1 aromatic heterocycles. The molecule has 18 heavy (non-hydrogen) atoms. The number of hydrogen-bond acceptors (Lipinski definition) is 1. The summed E-state index contributed by atoms with van der Waals surface area (Å²) in [5.74, 6) is 0. The highest BCUT2D eigenvalue weighted by atomic mass is 35.5. The Kier molecular flexibility index (Phi) is 3.49. The molecule has 3 heteroatoms. The Bertz CT molecular complexity index is 710. The molecule has 0 aliphatic carbocycles. The normalized spacial score (nSPS) is 11.5. The van der Waals surface area contributed by atoms with Gasteiger partial charge in [-0.25, -0.2) is 0 Å². The summed E-state index contributed by atoms with van der Waals surface area (Å²) in [6, 6.07) is 6.70. The lowest BCUT2D eigenvalue weighted by atomic mass is 10.1. The van der Waals surface area contributed by atoms with E-state index in [1.807, 2.05) is 0 Å². The predicted molar refractivity (Wildman–Crippen MR) is 77.9 cm³/mol. The lowest BCUT2D eigenvalue weighted by Gasteiger charge is -2.05. The maximum absolute atomic E-state index is 12.0. The highest BCUT2D eigenvalue weighted by Gasteiger charge is 2.04. The molecule has 0 unspecified atom stereocenters. The van der Waals surface area contributed by atoms with Crippen LogP contribution in [0.4, 0.5) is 0 Å². The van der Waals surface area contributed by atoms with Crippen LogP contribution in [0.3, 0.4) is 0 Å². The molecule has 90 valence electrons. The van der Waals surface area contributed by atoms with Crippen LogP contribution in [-0.2, 0) is 0 Å². The van der Waals surface area contributed by atoms with E-state index in [-0.39, 0.29) is 5.43 Å². The number of rotatable bonds is 3. The SMILES string of the molecule is C=C/C=C(\C=C)c1cc(=O)c2ccc(Cl)cc2[nH]1. The largest absolute Gasteiger partial charge is 0.354 e. The highest BCUT2D eigenvalue weighted by Crippen LogP contribution is 2.18. The van der Waals surface area contributed by atoms with Gasteiger partial charge in [0.1, 0.15) is 0 Å². The average molecular weight is 258 g/mol. The molecule has 0 aliphatic heterocycles. The zero-order valence-corrected chi connectivity index (χ0v) is 10.5. The minimum atomic E-state index is -0.0489. The van der Waals surface area contributed by atoms with Gasteiger partial charge in [-0.15, -0.1) is 0 Å². The van der Waals surface area contributed by atoms with Crippen molar-refractivity contribution in [2.45, 2.75) is 0 Å². The summed E-state index contributed by atoms with van der Waals surface area (Å²) in [4.78, 5) is 15.2. The van der Waals surface area contributed by atoms with Crippen molar-refractivity contribution in [1.29, 1.82) is 0 Å². The Labute approximate surface area is 110 Å². The number of benzene rings is 1. The number of hydrogen-bond donors (Lipinski definition) is 1. The van der Waals surface area contributed by atoms with Crippen molar-refractivity contribution in [2.24, 2.45) is 0 Å². The Balaban J connectivity index is 2.75. The number of aromatic nitrogens is 1. The summed E-state index contributed by atoms with van der Waals surface area (Å²) in [5.41, 5.74) is 2.17. The molecule has 1 N–H and O–H groups in total. The third kappa shape index (κ3) is 2.29. The lowest BCUT2D eigenvalue weighted by Crippen LogP contribution is -2.04. The van der Waals surface area contributed by atoms with Gasteiger partial charge >= 0.3 is 0 Å². The van der Waals surface area contributed by atoms with Crippen LogP contribution in [0.2, 0.25) is 5.02 Å². The second-order valence-electron chi connectivity index (χ2n) is 3.80. The number of H-pyrrole nitrogens is 1. The van der Waals surface area contributed by atoms with Crippen molar-refractivity contribution in [1.82, 2.24) is 4.98 Å². The standard InChI is InChI=1S/C15H12ClNO/c1-3-5-10(4-2)13-9-15(18)12-7-6-11(16)8-14(12)17-13/h3-9H,1-2H2,(H,17,18)/b10-5+. The van der Waals surface area contributed by atoms with E-state index in [1.54, 1.807) is 42.5 Å². The number of fused-ring (bicyclic) bond motifs is 1. The first-order valence-corrected chi connectivity index (χ1v) is 5.81. The van der Waals surface area contributed by atoms with Crippen molar-refractivity contribution in [3.05, 3.63) is 76.6 Å². The Hall–Kier alpha value is -2.06. The maximum atomic E-state index is 12.0. The smallest absolute Gasteiger partial charge is 0.190 e. The minimum Gasteiger partial charge on any atom is -0.354 e. The Morgan fingerprint density at radius 3 is 2.72 bits per heavy atom. The van der Waals surface area contributed by atoms with Gasteiger partial charge in [0.2, 0.25) is 0 Å². The van der Waals surface area contributed by atoms with E-state index in [2.05, 4.69) is 18.1 Å². The summed E-state index contributed by atoms with van der Waals surface area (Å²) in [6.07, 6.45) is 5.11. The zero-order chi connectivity index (χ0) is 13.1. The number of halogens is 1. The van der Waals surface area contributed by atoms with E-state index in [4.69, 9.17) is 11.6 Å². The quantitative estimate of drug-likeness (QED) is 0.830. The van der Waals surface area contributed by atoms with Crippen LogP contribution in [-0.4, -0.2) is 4.98 Å². The third-order valence-electron chi connectivity index (χ3n) is 2.62. The fourth-order valence-electron chi connectivity index (χ4n) is 1.78. The monoisotopic (exact) mass is 257 g/mol. The summed E-state index contributed by atoms with van der Waals surface area (Å²) >= 11 is 5.92. The van der Waals surface area contributed by atoms with Gasteiger partial charge in [0, 0.05) is 22.2 Å². The number of aromatic amines is 1. The molecule has 1 heterocycles. The second-order valence-corrected chi connectivity index (χ2v) is 4.24. The fraction of sp³-hybridized carbons (Fsp3) is 0. The van der Waals surface area contributed by atoms with Gasteiger partial charge in [-0.2, -0.15) is 0 Å². The van der Waals surface area contributed by atoms with Gasteiger partial charge in [-0.3, -0.25) is 4.79 Å². The average Bonchev–Trinajstić information content (AvgIpc) is 2.35. The lowest BCUT2D eigenvalue weighted by molar-refractivity contribution is 1.33. The van der Waals surface area contributed by atoms with Crippen LogP contribution in [0.5, 0.6) is 0 Å². The Morgan fingerprint density at radius 1 is 1.28 bits per heavy atom. The molecule has 2 rings (SSSR count). The zero-order valence-electron chi connectivity index (χ0n) is 9.74. The van der Waals surface area contributed by atoms with Gasteiger partial charge in [-0.05, 0) is 23.8 Å².